The maximum absolute atomic E-state index is 10.6. The summed E-state index contributed by atoms with van der Waals surface area (Å²) in [5.41, 5.74) is 4.60. The van der Waals surface area contributed by atoms with E-state index in [1.54, 1.807) is 47.2 Å². The minimum absolute atomic E-state index is 0. The summed E-state index contributed by atoms with van der Waals surface area (Å²) >= 11 is 3.45. The number of hydrogen-bond acceptors (Lipinski definition) is 6. The first-order chi connectivity index (χ1) is 20.6. The maximum Gasteiger partial charge on any atom is 0.124 e. The fourth-order valence-corrected chi connectivity index (χ4v) is 6.95. The summed E-state index contributed by atoms with van der Waals surface area (Å²) in [5.74, 6) is 0.320. The van der Waals surface area contributed by atoms with Gasteiger partial charge in [0.15, 0.2) is 0 Å². The number of rotatable bonds is 6. The minimum Gasteiger partial charge on any atom is -0.507 e. The summed E-state index contributed by atoms with van der Waals surface area (Å²) in [5, 5.41) is 23.6. The molecule has 43 heavy (non-hydrogen) atoms. The predicted molar refractivity (Wildman–Crippen MR) is 179 cm³/mol. The van der Waals surface area contributed by atoms with E-state index in [2.05, 4.69) is 46.4 Å². The molecule has 0 amide bonds. The van der Waals surface area contributed by atoms with Crippen molar-refractivity contribution in [2.75, 3.05) is 0 Å². The number of hydrogen-bond donors (Lipinski definition) is 2. The van der Waals surface area contributed by atoms with Gasteiger partial charge in [-0.2, -0.15) is 0 Å². The predicted octanol–water partition coefficient (Wildman–Crippen LogP) is 10.4. The van der Waals surface area contributed by atoms with Gasteiger partial charge in [0, 0.05) is 63.8 Å². The van der Waals surface area contributed by atoms with Crippen LogP contribution in [-0.2, 0) is 21.1 Å². The Balaban J connectivity index is 0.00000329. The zero-order valence-electron chi connectivity index (χ0n) is 22.6. The van der Waals surface area contributed by atoms with E-state index in [-0.39, 0.29) is 32.6 Å². The Morgan fingerprint density at radius 1 is 0.488 bits per heavy atom. The number of phenols is 2. The molecule has 7 rings (SSSR count). The Morgan fingerprint density at radius 2 is 0.907 bits per heavy atom. The summed E-state index contributed by atoms with van der Waals surface area (Å²) in [6.45, 7) is 0. The quantitative estimate of drug-likeness (QED) is 0.165. The molecule has 7 heteroatoms. The first-order valence-corrected chi connectivity index (χ1v) is 15.1. The Kier molecular flexibility index (Phi) is 8.35. The number of para-hydroxylation sites is 2. The van der Waals surface area contributed by atoms with Crippen molar-refractivity contribution in [3.05, 3.63) is 132 Å². The molecule has 212 valence electrons. The zero-order valence-corrected chi connectivity index (χ0v) is 26.5. The van der Waals surface area contributed by atoms with E-state index >= 15 is 0 Å². The van der Waals surface area contributed by atoms with Gasteiger partial charge in [0.05, 0.1) is 11.4 Å². The fraction of sp³-hybridized carbons (Fsp3) is 0. The van der Waals surface area contributed by atoms with Crippen LogP contribution >= 0.6 is 22.7 Å². The van der Waals surface area contributed by atoms with Crippen molar-refractivity contribution in [3.63, 3.8) is 0 Å². The maximum atomic E-state index is 10.6. The van der Waals surface area contributed by atoms with Crippen molar-refractivity contribution >= 4 is 66.6 Å². The van der Waals surface area contributed by atoms with Crippen LogP contribution in [0.25, 0.3) is 41.1 Å². The van der Waals surface area contributed by atoms with Gasteiger partial charge in [-0.25, -0.2) is 0 Å². The summed E-state index contributed by atoms with van der Waals surface area (Å²) < 4.78 is 2.45. The Bertz CT molecular complexity index is 1930. The number of nitrogens with zero attached hydrogens (tertiary/aromatic N) is 2. The molecule has 0 aliphatic heterocycles. The molecule has 7 aromatic rings. The summed E-state index contributed by atoms with van der Waals surface area (Å²) in [7, 11) is 0. The van der Waals surface area contributed by atoms with Crippen LogP contribution in [0.2, 0.25) is 0 Å². The van der Waals surface area contributed by atoms with Crippen LogP contribution in [0.4, 0.5) is 11.4 Å². The molecule has 0 atom stereocenters. The first kappa shape index (κ1) is 28.8. The van der Waals surface area contributed by atoms with Gasteiger partial charge in [-0.3, -0.25) is 9.98 Å². The summed E-state index contributed by atoms with van der Waals surface area (Å²) in [6.07, 6.45) is 3.33. The van der Waals surface area contributed by atoms with Gasteiger partial charge in [0.25, 0.3) is 0 Å². The van der Waals surface area contributed by atoms with Gasteiger partial charge in [-0.05, 0) is 94.7 Å². The second-order valence-electron chi connectivity index (χ2n) is 9.85. The van der Waals surface area contributed by atoms with Gasteiger partial charge in [-0.1, -0.05) is 48.5 Å². The number of benzene rings is 5. The molecule has 0 unspecified atom stereocenters. The molecule has 4 nitrogen and oxygen atoms in total. The first-order valence-electron chi connectivity index (χ1n) is 13.4. The van der Waals surface area contributed by atoms with E-state index in [1.807, 2.05) is 72.8 Å². The van der Waals surface area contributed by atoms with Gasteiger partial charge < -0.3 is 10.2 Å². The van der Waals surface area contributed by atoms with Crippen LogP contribution < -0.4 is 0 Å². The van der Waals surface area contributed by atoms with E-state index in [0.29, 0.717) is 22.5 Å². The van der Waals surface area contributed by atoms with E-state index < -0.39 is 0 Å². The molecule has 0 bridgehead atoms. The molecular formula is C36H24N2O2PtS2. The molecular weight excluding hydrogens is 752 g/mol. The van der Waals surface area contributed by atoms with Crippen molar-refractivity contribution in [2.45, 2.75) is 0 Å². The number of aliphatic imine (C=N–C) groups is 2. The second kappa shape index (κ2) is 12.5. The Labute approximate surface area is 271 Å². The second-order valence-corrected chi connectivity index (χ2v) is 12.0. The largest absolute Gasteiger partial charge is 0.507 e. The van der Waals surface area contributed by atoms with Gasteiger partial charge in [-0.15, -0.1) is 22.7 Å². The SMILES string of the molecule is Oc1ccc(-c2cc3ccccc3s2)cc1C=Nc1ccccc1N=Cc1cc(-c2cc3ccccc3s2)ccc1O.[Pt]. The molecule has 2 aromatic heterocycles. The van der Waals surface area contributed by atoms with Crippen LogP contribution in [0.15, 0.2) is 131 Å². The van der Waals surface area contributed by atoms with E-state index in [0.717, 1.165) is 20.9 Å². The number of thiophene rings is 2. The molecule has 5 aromatic carbocycles. The average Bonchev–Trinajstić information content (AvgIpc) is 3.65. The van der Waals surface area contributed by atoms with E-state index in [4.69, 9.17) is 0 Å². The van der Waals surface area contributed by atoms with Crippen molar-refractivity contribution in [2.24, 2.45) is 9.98 Å². The third-order valence-corrected chi connectivity index (χ3v) is 9.37. The molecule has 0 spiro atoms. The van der Waals surface area contributed by atoms with Gasteiger partial charge in [0.1, 0.15) is 11.5 Å². The van der Waals surface area contributed by atoms with Crippen molar-refractivity contribution in [1.29, 1.82) is 0 Å². The number of aromatic hydroxyl groups is 2. The molecule has 0 saturated heterocycles. The van der Waals surface area contributed by atoms with Crippen LogP contribution in [0.3, 0.4) is 0 Å². The average molecular weight is 776 g/mol. The van der Waals surface area contributed by atoms with Crippen LogP contribution in [0.1, 0.15) is 11.1 Å². The Morgan fingerprint density at radius 3 is 1.35 bits per heavy atom. The third kappa shape index (κ3) is 6.09. The van der Waals surface area contributed by atoms with Crippen molar-refractivity contribution in [3.8, 4) is 32.4 Å². The van der Waals surface area contributed by atoms with E-state index in [9.17, 15) is 10.2 Å². The minimum atomic E-state index is 0. The van der Waals surface area contributed by atoms with Crippen LogP contribution in [0.5, 0.6) is 11.5 Å². The van der Waals surface area contributed by atoms with Crippen molar-refractivity contribution < 1.29 is 31.3 Å². The third-order valence-electron chi connectivity index (χ3n) is 7.04. The Hall–Kier alpha value is -4.35. The van der Waals surface area contributed by atoms with Gasteiger partial charge in [0.2, 0.25) is 0 Å². The normalized spacial score (nSPS) is 11.5. The number of phenolic OH excluding ortho intramolecular Hbond substituents is 2. The summed E-state index contributed by atoms with van der Waals surface area (Å²) in [4.78, 5) is 11.6. The monoisotopic (exact) mass is 775 g/mol. The molecule has 0 fully saturated rings. The van der Waals surface area contributed by atoms with Crippen LogP contribution in [-0.4, -0.2) is 22.6 Å². The number of fused-ring (bicyclic) bond motifs is 2. The summed E-state index contributed by atoms with van der Waals surface area (Å²) in [6, 6.07) is 39.7. The molecule has 0 radical (unpaired) electrons. The molecule has 2 N–H and O–H groups in total. The van der Waals surface area contributed by atoms with Crippen LogP contribution in [0, 0.1) is 0 Å². The molecule has 0 aliphatic carbocycles. The zero-order chi connectivity index (χ0) is 28.5. The molecule has 2 heterocycles. The molecule has 0 saturated carbocycles. The topological polar surface area (TPSA) is 65.2 Å². The standard InChI is InChI=1S/C36H24N2O2S2.Pt/c39-31-15-13-25(35-19-23-7-1-5-11-33(23)41-35)17-27(31)21-37-29-9-3-4-10-30(29)38-22-28-18-26(14-16-32(28)40)36-20-24-8-2-6-12-34(24)42-36;/h1-22,39-40H;. The van der Waals surface area contributed by atoms with Gasteiger partial charge >= 0.3 is 0 Å². The van der Waals surface area contributed by atoms with E-state index in [1.165, 1.54) is 20.2 Å². The fourth-order valence-electron chi connectivity index (χ4n) is 4.83. The molecule has 0 aliphatic rings. The van der Waals surface area contributed by atoms with Crippen molar-refractivity contribution in [1.82, 2.24) is 0 Å². The smallest absolute Gasteiger partial charge is 0.124 e.